The maximum absolute atomic E-state index is 3.44. The molecule has 2 aromatic heterocycles. The number of hydrogen-bond donors (Lipinski definition) is 1. The highest BCUT2D eigenvalue weighted by Gasteiger charge is 2.16. The van der Waals surface area contributed by atoms with E-state index in [0.29, 0.717) is 6.04 Å². The van der Waals surface area contributed by atoms with E-state index in [2.05, 4.69) is 53.3 Å². The van der Waals surface area contributed by atoms with Crippen LogP contribution in [0.25, 0.3) is 10.1 Å². The van der Waals surface area contributed by atoms with Crippen LogP contribution in [0.5, 0.6) is 0 Å². The molecule has 3 heteroatoms. The van der Waals surface area contributed by atoms with Crippen molar-refractivity contribution in [2.75, 3.05) is 7.05 Å². The van der Waals surface area contributed by atoms with Gasteiger partial charge in [-0.15, -0.1) is 22.7 Å². The second-order valence-corrected chi connectivity index (χ2v) is 6.43. The van der Waals surface area contributed by atoms with Crippen LogP contribution in [0.4, 0.5) is 0 Å². The molecule has 0 amide bonds. The molecule has 0 spiro atoms. The number of benzene rings is 1. The Bertz CT molecular complexity index is 666. The van der Waals surface area contributed by atoms with Gasteiger partial charge in [0.1, 0.15) is 0 Å². The smallest absolute Gasteiger partial charge is 0.0597 e. The molecule has 3 rings (SSSR count). The Hall–Kier alpha value is -1.16. The SMILES string of the molecule is CNC(c1csc(C)c1)c1csc2ccccc12. The van der Waals surface area contributed by atoms with Crippen molar-refractivity contribution < 1.29 is 0 Å². The van der Waals surface area contributed by atoms with Crippen LogP contribution >= 0.6 is 22.7 Å². The number of hydrogen-bond acceptors (Lipinski definition) is 3. The molecule has 0 aliphatic heterocycles. The molecule has 0 fully saturated rings. The minimum Gasteiger partial charge on any atom is -0.309 e. The summed E-state index contributed by atoms with van der Waals surface area (Å²) < 4.78 is 1.36. The Morgan fingerprint density at radius 1 is 1.11 bits per heavy atom. The van der Waals surface area contributed by atoms with Crippen molar-refractivity contribution in [3.05, 3.63) is 57.1 Å². The molecular formula is C15H15NS2. The van der Waals surface area contributed by atoms with Gasteiger partial charge >= 0.3 is 0 Å². The molecule has 1 unspecified atom stereocenters. The van der Waals surface area contributed by atoms with Gasteiger partial charge in [0.25, 0.3) is 0 Å². The summed E-state index contributed by atoms with van der Waals surface area (Å²) in [7, 11) is 2.03. The van der Waals surface area contributed by atoms with Crippen molar-refractivity contribution in [3.8, 4) is 0 Å². The van der Waals surface area contributed by atoms with E-state index in [1.54, 1.807) is 0 Å². The van der Waals surface area contributed by atoms with Crippen molar-refractivity contribution in [2.45, 2.75) is 13.0 Å². The Morgan fingerprint density at radius 3 is 2.67 bits per heavy atom. The molecule has 0 radical (unpaired) electrons. The molecule has 1 aromatic carbocycles. The fraction of sp³-hybridized carbons (Fsp3) is 0.200. The highest BCUT2D eigenvalue weighted by Crippen LogP contribution is 2.34. The summed E-state index contributed by atoms with van der Waals surface area (Å²) in [6, 6.07) is 11.2. The first-order chi connectivity index (χ1) is 8.79. The van der Waals surface area contributed by atoms with Gasteiger partial charge in [-0.05, 0) is 53.4 Å². The Balaban J connectivity index is 2.11. The zero-order valence-electron chi connectivity index (χ0n) is 10.4. The first-order valence-electron chi connectivity index (χ1n) is 5.98. The third-order valence-electron chi connectivity index (χ3n) is 3.19. The monoisotopic (exact) mass is 273 g/mol. The molecule has 0 aliphatic carbocycles. The standard InChI is InChI=1S/C15H15NS2/c1-10-7-11(8-17-10)15(16-2)13-9-18-14-6-4-3-5-12(13)14/h3-9,15-16H,1-2H3. The predicted molar refractivity (Wildman–Crippen MR) is 81.8 cm³/mol. The first-order valence-corrected chi connectivity index (χ1v) is 7.74. The van der Waals surface area contributed by atoms with E-state index in [-0.39, 0.29) is 0 Å². The van der Waals surface area contributed by atoms with Gasteiger partial charge < -0.3 is 5.32 Å². The van der Waals surface area contributed by atoms with Gasteiger partial charge in [0.15, 0.2) is 0 Å². The fourth-order valence-corrected chi connectivity index (χ4v) is 4.06. The zero-order valence-corrected chi connectivity index (χ0v) is 12.1. The van der Waals surface area contributed by atoms with Crippen LogP contribution in [-0.2, 0) is 0 Å². The van der Waals surface area contributed by atoms with Crippen LogP contribution in [0.3, 0.4) is 0 Å². The Morgan fingerprint density at radius 2 is 1.94 bits per heavy atom. The molecule has 0 bridgehead atoms. The van der Waals surface area contributed by atoms with Crippen LogP contribution in [0, 0.1) is 6.92 Å². The van der Waals surface area contributed by atoms with Gasteiger partial charge in [0.05, 0.1) is 6.04 Å². The maximum atomic E-state index is 3.44. The quantitative estimate of drug-likeness (QED) is 0.736. The van der Waals surface area contributed by atoms with Gasteiger partial charge in [0, 0.05) is 9.58 Å². The minimum atomic E-state index is 0.297. The van der Waals surface area contributed by atoms with E-state index in [1.807, 2.05) is 29.7 Å². The zero-order chi connectivity index (χ0) is 12.5. The summed E-state index contributed by atoms with van der Waals surface area (Å²) in [5.41, 5.74) is 2.75. The predicted octanol–water partition coefficient (Wildman–Crippen LogP) is 4.58. The molecular weight excluding hydrogens is 258 g/mol. The van der Waals surface area contributed by atoms with E-state index >= 15 is 0 Å². The van der Waals surface area contributed by atoms with E-state index in [4.69, 9.17) is 0 Å². The van der Waals surface area contributed by atoms with E-state index in [1.165, 1.54) is 26.1 Å². The third kappa shape index (κ3) is 1.99. The molecule has 0 aliphatic rings. The third-order valence-corrected chi connectivity index (χ3v) is 5.06. The summed E-state index contributed by atoms with van der Waals surface area (Å²) in [6.07, 6.45) is 0. The summed E-state index contributed by atoms with van der Waals surface area (Å²) >= 11 is 3.64. The number of nitrogens with one attached hydrogen (secondary N) is 1. The summed E-state index contributed by atoms with van der Waals surface area (Å²) in [4.78, 5) is 1.37. The summed E-state index contributed by atoms with van der Waals surface area (Å²) in [5, 5.41) is 9.34. The molecule has 92 valence electrons. The molecule has 1 N–H and O–H groups in total. The van der Waals surface area contributed by atoms with Crippen molar-refractivity contribution in [1.82, 2.24) is 5.32 Å². The lowest BCUT2D eigenvalue weighted by molar-refractivity contribution is 0.701. The second-order valence-electron chi connectivity index (χ2n) is 4.40. The molecule has 18 heavy (non-hydrogen) atoms. The van der Waals surface area contributed by atoms with Gasteiger partial charge in [-0.3, -0.25) is 0 Å². The van der Waals surface area contributed by atoms with Gasteiger partial charge in [-0.25, -0.2) is 0 Å². The highest BCUT2D eigenvalue weighted by molar-refractivity contribution is 7.17. The molecule has 2 heterocycles. The lowest BCUT2D eigenvalue weighted by atomic mass is 10.0. The van der Waals surface area contributed by atoms with Crippen LogP contribution in [0.1, 0.15) is 22.0 Å². The lowest BCUT2D eigenvalue weighted by Crippen LogP contribution is -2.16. The normalized spacial score (nSPS) is 13.0. The average molecular weight is 273 g/mol. The van der Waals surface area contributed by atoms with E-state index < -0.39 is 0 Å². The number of fused-ring (bicyclic) bond motifs is 1. The van der Waals surface area contributed by atoms with Crippen molar-refractivity contribution in [3.63, 3.8) is 0 Å². The van der Waals surface area contributed by atoms with E-state index in [9.17, 15) is 0 Å². The van der Waals surface area contributed by atoms with Crippen LogP contribution in [-0.4, -0.2) is 7.05 Å². The largest absolute Gasteiger partial charge is 0.309 e. The van der Waals surface area contributed by atoms with Crippen molar-refractivity contribution in [1.29, 1.82) is 0 Å². The topological polar surface area (TPSA) is 12.0 Å². The average Bonchev–Trinajstić information content (AvgIpc) is 2.98. The molecule has 1 nitrogen and oxygen atoms in total. The van der Waals surface area contributed by atoms with Crippen LogP contribution in [0.15, 0.2) is 41.1 Å². The van der Waals surface area contributed by atoms with Gasteiger partial charge in [-0.1, -0.05) is 18.2 Å². The molecule has 0 saturated heterocycles. The summed E-state index contributed by atoms with van der Waals surface area (Å²) in [6.45, 7) is 2.16. The van der Waals surface area contributed by atoms with Gasteiger partial charge in [0.2, 0.25) is 0 Å². The number of rotatable bonds is 3. The minimum absolute atomic E-state index is 0.297. The number of aryl methyl sites for hydroxylation is 1. The summed E-state index contributed by atoms with van der Waals surface area (Å²) in [5.74, 6) is 0. The van der Waals surface area contributed by atoms with Crippen molar-refractivity contribution in [2.24, 2.45) is 0 Å². The van der Waals surface area contributed by atoms with E-state index in [0.717, 1.165) is 0 Å². The fourth-order valence-electron chi connectivity index (χ4n) is 2.34. The van der Waals surface area contributed by atoms with Crippen LogP contribution in [0.2, 0.25) is 0 Å². The Labute approximate surface area is 115 Å². The highest BCUT2D eigenvalue weighted by atomic mass is 32.1. The number of thiophene rings is 2. The second kappa shape index (κ2) is 4.84. The van der Waals surface area contributed by atoms with Crippen molar-refractivity contribution >= 4 is 32.8 Å². The molecule has 1 atom stereocenters. The lowest BCUT2D eigenvalue weighted by Gasteiger charge is -2.14. The molecule has 3 aromatic rings. The first kappa shape index (κ1) is 11.9. The molecule has 0 saturated carbocycles. The Kier molecular flexibility index (Phi) is 3.20. The maximum Gasteiger partial charge on any atom is 0.0597 e. The van der Waals surface area contributed by atoms with Crippen LogP contribution < -0.4 is 5.32 Å². The van der Waals surface area contributed by atoms with Gasteiger partial charge in [-0.2, -0.15) is 0 Å².